The van der Waals surface area contributed by atoms with E-state index in [4.69, 9.17) is 16.0 Å². The van der Waals surface area contributed by atoms with E-state index >= 15 is 0 Å². The number of carbonyl (C=O) groups is 2. The molecule has 0 saturated heterocycles. The molecule has 0 aliphatic rings. The van der Waals surface area contributed by atoms with Gasteiger partial charge in [-0.15, -0.1) is 0 Å². The van der Waals surface area contributed by atoms with Gasteiger partial charge in [-0.1, -0.05) is 54.1 Å². The molecule has 0 aliphatic heterocycles. The number of fused-ring (bicyclic) bond motifs is 1. The second-order valence-corrected chi connectivity index (χ2v) is 6.64. The number of carbonyl (C=O) groups excluding carboxylic acids is 2. The Balaban J connectivity index is 1.69. The summed E-state index contributed by atoms with van der Waals surface area (Å²) in [5.74, 6) is -1.13. The van der Waals surface area contributed by atoms with Gasteiger partial charge >= 0.3 is 5.76 Å². The summed E-state index contributed by atoms with van der Waals surface area (Å²) in [6, 6.07) is 20.1. The molecule has 1 aromatic heterocycles. The normalized spacial score (nSPS) is 10.9. The van der Waals surface area contributed by atoms with Crippen LogP contribution in [0.1, 0.15) is 26.3 Å². The molecule has 0 aliphatic carbocycles. The molecule has 0 N–H and O–H groups in total. The molecule has 0 spiro atoms. The maximum atomic E-state index is 12.7. The third kappa shape index (κ3) is 3.28. The molecule has 4 aromatic rings. The standard InChI is InChI=1S/C22H14ClNO4/c23-17-9-5-4-8-16(17)21(26)15-10-11-18-20(12-15)28-22(27)24(18)13-19(25)14-6-2-1-3-7-14/h1-12H,13H2. The number of hydrogen-bond acceptors (Lipinski definition) is 4. The molecule has 5 nitrogen and oxygen atoms in total. The van der Waals surface area contributed by atoms with Crippen LogP contribution in [0, 0.1) is 0 Å². The molecule has 4 rings (SSSR count). The zero-order valence-electron chi connectivity index (χ0n) is 14.6. The molecule has 138 valence electrons. The monoisotopic (exact) mass is 391 g/mol. The van der Waals surface area contributed by atoms with Gasteiger partial charge in [-0.3, -0.25) is 14.2 Å². The molecule has 3 aromatic carbocycles. The van der Waals surface area contributed by atoms with Crippen molar-refractivity contribution in [3.05, 3.63) is 105 Å². The highest BCUT2D eigenvalue weighted by Gasteiger charge is 2.17. The number of aromatic nitrogens is 1. The fourth-order valence-electron chi connectivity index (χ4n) is 3.02. The van der Waals surface area contributed by atoms with Crippen LogP contribution in [0.25, 0.3) is 11.1 Å². The largest absolute Gasteiger partial charge is 0.420 e. The van der Waals surface area contributed by atoms with Crippen molar-refractivity contribution in [1.82, 2.24) is 4.57 Å². The lowest BCUT2D eigenvalue weighted by molar-refractivity contribution is 0.0969. The first-order valence-electron chi connectivity index (χ1n) is 8.55. The number of halogens is 1. The van der Waals surface area contributed by atoms with E-state index in [0.717, 1.165) is 0 Å². The smallest absolute Gasteiger partial charge is 0.408 e. The summed E-state index contributed by atoms with van der Waals surface area (Å²) in [4.78, 5) is 37.4. The van der Waals surface area contributed by atoms with Crippen LogP contribution in [0.2, 0.25) is 5.02 Å². The van der Waals surface area contributed by atoms with Crippen molar-refractivity contribution in [2.75, 3.05) is 0 Å². The highest BCUT2D eigenvalue weighted by molar-refractivity contribution is 6.35. The van der Waals surface area contributed by atoms with E-state index < -0.39 is 5.76 Å². The van der Waals surface area contributed by atoms with Crippen LogP contribution < -0.4 is 5.76 Å². The Hall–Kier alpha value is -3.44. The van der Waals surface area contributed by atoms with Gasteiger partial charge in [0.2, 0.25) is 0 Å². The molecule has 0 bridgehead atoms. The van der Waals surface area contributed by atoms with Gasteiger partial charge in [-0.25, -0.2) is 4.79 Å². The summed E-state index contributed by atoms with van der Waals surface area (Å²) in [5, 5.41) is 0.347. The minimum absolute atomic E-state index is 0.145. The Morgan fingerprint density at radius 1 is 0.893 bits per heavy atom. The number of Topliss-reactive ketones (excluding diaryl/α,β-unsaturated/α-hetero) is 1. The average molecular weight is 392 g/mol. The quantitative estimate of drug-likeness (QED) is 0.474. The van der Waals surface area contributed by atoms with Gasteiger partial charge in [0.15, 0.2) is 17.1 Å². The van der Waals surface area contributed by atoms with E-state index in [1.54, 1.807) is 60.7 Å². The zero-order valence-corrected chi connectivity index (χ0v) is 15.3. The van der Waals surface area contributed by atoms with Crippen LogP contribution in [0.15, 0.2) is 82.0 Å². The number of nitrogens with zero attached hydrogens (tertiary/aromatic N) is 1. The Kier molecular flexibility index (Phi) is 4.67. The average Bonchev–Trinajstić information content (AvgIpc) is 3.03. The summed E-state index contributed by atoms with van der Waals surface area (Å²) in [6.07, 6.45) is 0. The Bertz CT molecular complexity index is 1250. The molecule has 0 atom stereocenters. The van der Waals surface area contributed by atoms with E-state index in [0.29, 0.717) is 27.2 Å². The molecule has 1 heterocycles. The molecular formula is C22H14ClNO4. The second-order valence-electron chi connectivity index (χ2n) is 6.23. The van der Waals surface area contributed by atoms with Crippen LogP contribution >= 0.6 is 11.6 Å². The Morgan fingerprint density at radius 3 is 2.36 bits per heavy atom. The molecule has 0 unspecified atom stereocenters. The van der Waals surface area contributed by atoms with Crippen molar-refractivity contribution in [2.45, 2.75) is 6.54 Å². The third-order valence-corrected chi connectivity index (χ3v) is 4.78. The molecule has 0 fully saturated rings. The van der Waals surface area contributed by atoms with Gasteiger partial charge < -0.3 is 4.42 Å². The van der Waals surface area contributed by atoms with Crippen LogP contribution in [-0.4, -0.2) is 16.1 Å². The lowest BCUT2D eigenvalue weighted by atomic mass is 10.0. The first kappa shape index (κ1) is 17.9. The van der Waals surface area contributed by atoms with E-state index in [2.05, 4.69) is 0 Å². The molecule has 0 amide bonds. The molecular weight excluding hydrogens is 378 g/mol. The van der Waals surface area contributed by atoms with Gasteiger partial charge in [0, 0.05) is 16.7 Å². The number of benzene rings is 3. The fraction of sp³-hybridized carbons (Fsp3) is 0.0455. The summed E-state index contributed by atoms with van der Waals surface area (Å²) >= 11 is 6.10. The summed E-state index contributed by atoms with van der Waals surface area (Å²) in [7, 11) is 0. The van der Waals surface area contributed by atoms with Crippen molar-refractivity contribution < 1.29 is 14.0 Å². The number of hydrogen-bond donors (Lipinski definition) is 0. The lowest BCUT2D eigenvalue weighted by Crippen LogP contribution is -2.20. The van der Waals surface area contributed by atoms with E-state index in [-0.39, 0.29) is 23.7 Å². The third-order valence-electron chi connectivity index (χ3n) is 4.45. The fourth-order valence-corrected chi connectivity index (χ4v) is 3.24. The van der Waals surface area contributed by atoms with E-state index in [1.807, 2.05) is 6.07 Å². The van der Waals surface area contributed by atoms with Crippen molar-refractivity contribution in [3.8, 4) is 0 Å². The Morgan fingerprint density at radius 2 is 1.61 bits per heavy atom. The highest BCUT2D eigenvalue weighted by Crippen LogP contribution is 2.22. The minimum atomic E-state index is -0.651. The second kappa shape index (κ2) is 7.29. The molecule has 28 heavy (non-hydrogen) atoms. The SMILES string of the molecule is O=C(Cn1c(=O)oc2cc(C(=O)c3ccccc3Cl)ccc21)c1ccccc1. The topological polar surface area (TPSA) is 69.3 Å². The van der Waals surface area contributed by atoms with Crippen molar-refractivity contribution in [1.29, 1.82) is 0 Å². The van der Waals surface area contributed by atoms with Crippen molar-refractivity contribution in [3.63, 3.8) is 0 Å². The van der Waals surface area contributed by atoms with Gasteiger partial charge in [0.25, 0.3) is 0 Å². The maximum absolute atomic E-state index is 12.7. The van der Waals surface area contributed by atoms with Gasteiger partial charge in [-0.2, -0.15) is 0 Å². The lowest BCUT2D eigenvalue weighted by Gasteiger charge is -2.04. The molecule has 0 radical (unpaired) electrons. The highest BCUT2D eigenvalue weighted by atomic mass is 35.5. The predicted molar refractivity (Wildman–Crippen MR) is 106 cm³/mol. The first-order chi connectivity index (χ1) is 13.5. The van der Waals surface area contributed by atoms with Crippen LogP contribution in [0.5, 0.6) is 0 Å². The van der Waals surface area contributed by atoms with E-state index in [1.165, 1.54) is 10.6 Å². The van der Waals surface area contributed by atoms with Crippen molar-refractivity contribution in [2.24, 2.45) is 0 Å². The first-order valence-corrected chi connectivity index (χ1v) is 8.93. The summed E-state index contributed by atoms with van der Waals surface area (Å²) < 4.78 is 6.52. The van der Waals surface area contributed by atoms with Gasteiger partial charge in [0.05, 0.1) is 17.1 Å². The summed E-state index contributed by atoms with van der Waals surface area (Å²) in [5.41, 5.74) is 1.91. The number of oxazole rings is 1. The molecule has 0 saturated carbocycles. The predicted octanol–water partition coefficient (Wildman–Crippen LogP) is 4.36. The molecule has 6 heteroatoms. The minimum Gasteiger partial charge on any atom is -0.408 e. The Labute approximate surface area is 164 Å². The van der Waals surface area contributed by atoms with Crippen molar-refractivity contribution >= 4 is 34.3 Å². The van der Waals surface area contributed by atoms with Gasteiger partial charge in [0.1, 0.15) is 0 Å². The van der Waals surface area contributed by atoms with E-state index in [9.17, 15) is 14.4 Å². The van der Waals surface area contributed by atoms with Gasteiger partial charge in [-0.05, 0) is 30.3 Å². The summed E-state index contributed by atoms with van der Waals surface area (Å²) in [6.45, 7) is -0.145. The number of ketones is 2. The van der Waals surface area contributed by atoms with Crippen LogP contribution in [0.3, 0.4) is 0 Å². The number of rotatable bonds is 5. The van der Waals surface area contributed by atoms with Crippen LogP contribution in [-0.2, 0) is 6.54 Å². The van der Waals surface area contributed by atoms with Crippen LogP contribution in [0.4, 0.5) is 0 Å². The maximum Gasteiger partial charge on any atom is 0.420 e. The zero-order chi connectivity index (χ0) is 19.7.